The molecular formula is C7H18O2. The van der Waals surface area contributed by atoms with Gasteiger partial charge in [-0.2, -0.15) is 0 Å². The van der Waals surface area contributed by atoms with Crippen LogP contribution in [0.15, 0.2) is 0 Å². The van der Waals surface area contributed by atoms with Gasteiger partial charge in [-0.1, -0.05) is 7.43 Å². The molecule has 0 bridgehead atoms. The standard InChI is InChI=1S/C6H14O2.CH4/c1-5(7)4-6(2,3)8;/h5,7-8H,4H2,1-3H3;1H4. The Morgan fingerprint density at radius 3 is 1.78 bits per heavy atom. The van der Waals surface area contributed by atoms with Gasteiger partial charge in [0.15, 0.2) is 0 Å². The predicted octanol–water partition coefficient (Wildman–Crippen LogP) is 1.16. The average Bonchev–Trinajstić information content (AvgIpc) is 1.21. The molecule has 0 aliphatic rings. The molecule has 0 heterocycles. The van der Waals surface area contributed by atoms with E-state index in [4.69, 9.17) is 10.2 Å². The van der Waals surface area contributed by atoms with Crippen molar-refractivity contribution in [2.45, 2.75) is 46.3 Å². The van der Waals surface area contributed by atoms with Gasteiger partial charge < -0.3 is 10.2 Å². The predicted molar refractivity (Wildman–Crippen MR) is 39.3 cm³/mol. The summed E-state index contributed by atoms with van der Waals surface area (Å²) in [7, 11) is 0. The summed E-state index contributed by atoms with van der Waals surface area (Å²) in [6.45, 7) is 5.03. The lowest BCUT2D eigenvalue weighted by molar-refractivity contribution is 0.0249. The molecular weight excluding hydrogens is 116 g/mol. The lowest BCUT2D eigenvalue weighted by atomic mass is 10.0. The SMILES string of the molecule is C.CC(O)CC(C)(C)O. The van der Waals surface area contributed by atoms with Crippen molar-refractivity contribution in [3.05, 3.63) is 0 Å². The van der Waals surface area contributed by atoms with Crippen LogP contribution in [0.3, 0.4) is 0 Å². The van der Waals surface area contributed by atoms with E-state index in [-0.39, 0.29) is 7.43 Å². The number of hydrogen-bond donors (Lipinski definition) is 2. The van der Waals surface area contributed by atoms with Crippen molar-refractivity contribution in [2.24, 2.45) is 0 Å². The molecule has 0 aromatic heterocycles. The first-order chi connectivity index (χ1) is 3.42. The van der Waals surface area contributed by atoms with Crippen LogP contribution >= 0.6 is 0 Å². The Kier molecular flexibility index (Phi) is 5.00. The van der Waals surface area contributed by atoms with Gasteiger partial charge in [0.1, 0.15) is 0 Å². The zero-order chi connectivity index (χ0) is 6.78. The smallest absolute Gasteiger partial charge is 0.0616 e. The minimum atomic E-state index is -0.728. The van der Waals surface area contributed by atoms with E-state index in [1.807, 2.05) is 0 Å². The van der Waals surface area contributed by atoms with E-state index < -0.39 is 11.7 Å². The summed E-state index contributed by atoms with van der Waals surface area (Å²) in [4.78, 5) is 0. The van der Waals surface area contributed by atoms with E-state index in [0.717, 1.165) is 0 Å². The van der Waals surface area contributed by atoms with Crippen LogP contribution < -0.4 is 0 Å². The Bertz CT molecular complexity index is 61.8. The fourth-order valence-corrected chi connectivity index (χ4v) is 0.723. The summed E-state index contributed by atoms with van der Waals surface area (Å²) >= 11 is 0. The van der Waals surface area contributed by atoms with Gasteiger partial charge >= 0.3 is 0 Å². The maximum Gasteiger partial charge on any atom is 0.0616 e. The van der Waals surface area contributed by atoms with Crippen LogP contribution in [0, 0.1) is 0 Å². The zero-order valence-corrected chi connectivity index (χ0v) is 5.68. The highest BCUT2D eigenvalue weighted by atomic mass is 16.3. The second-order valence-corrected chi connectivity index (χ2v) is 2.87. The Morgan fingerprint density at radius 2 is 1.78 bits per heavy atom. The van der Waals surface area contributed by atoms with Crippen molar-refractivity contribution >= 4 is 0 Å². The summed E-state index contributed by atoms with van der Waals surface area (Å²) in [5.74, 6) is 0. The van der Waals surface area contributed by atoms with E-state index in [1.54, 1.807) is 20.8 Å². The van der Waals surface area contributed by atoms with Crippen molar-refractivity contribution in [1.29, 1.82) is 0 Å². The van der Waals surface area contributed by atoms with Gasteiger partial charge in [0.2, 0.25) is 0 Å². The summed E-state index contributed by atoms with van der Waals surface area (Å²) in [6, 6.07) is 0. The molecule has 0 aromatic carbocycles. The second-order valence-electron chi connectivity index (χ2n) is 2.87. The number of hydrogen-bond acceptors (Lipinski definition) is 2. The first kappa shape index (κ1) is 11.7. The van der Waals surface area contributed by atoms with Gasteiger partial charge in [-0.15, -0.1) is 0 Å². The highest BCUT2D eigenvalue weighted by Gasteiger charge is 2.14. The van der Waals surface area contributed by atoms with Crippen LogP contribution in [0.25, 0.3) is 0 Å². The minimum absolute atomic E-state index is 0. The Labute approximate surface area is 57.5 Å². The van der Waals surface area contributed by atoms with Crippen LogP contribution in [0.2, 0.25) is 0 Å². The largest absolute Gasteiger partial charge is 0.393 e. The first-order valence-electron chi connectivity index (χ1n) is 2.82. The molecule has 1 unspecified atom stereocenters. The third-order valence-electron chi connectivity index (χ3n) is 0.795. The van der Waals surface area contributed by atoms with Crippen molar-refractivity contribution in [2.75, 3.05) is 0 Å². The Balaban J connectivity index is 0. The molecule has 0 saturated carbocycles. The van der Waals surface area contributed by atoms with Gasteiger partial charge in [-0.05, 0) is 20.8 Å². The monoisotopic (exact) mass is 134 g/mol. The van der Waals surface area contributed by atoms with Crippen LogP contribution in [-0.2, 0) is 0 Å². The van der Waals surface area contributed by atoms with Crippen LogP contribution in [0.4, 0.5) is 0 Å². The third kappa shape index (κ3) is 11.5. The molecule has 0 spiro atoms. The first-order valence-corrected chi connectivity index (χ1v) is 2.82. The molecule has 1 atom stereocenters. The molecule has 0 rings (SSSR count). The van der Waals surface area contributed by atoms with E-state index in [9.17, 15) is 0 Å². The Morgan fingerprint density at radius 1 is 1.44 bits per heavy atom. The van der Waals surface area contributed by atoms with E-state index >= 15 is 0 Å². The Hall–Kier alpha value is -0.0800. The second kappa shape index (κ2) is 3.85. The lowest BCUT2D eigenvalue weighted by Gasteiger charge is -2.17. The maximum atomic E-state index is 9.03. The molecule has 0 radical (unpaired) electrons. The summed E-state index contributed by atoms with van der Waals surface area (Å²) in [5, 5.41) is 17.8. The van der Waals surface area contributed by atoms with Crippen LogP contribution in [0.5, 0.6) is 0 Å². The van der Waals surface area contributed by atoms with Crippen molar-refractivity contribution in [3.63, 3.8) is 0 Å². The highest BCUT2D eigenvalue weighted by Crippen LogP contribution is 2.09. The highest BCUT2D eigenvalue weighted by molar-refractivity contribution is 4.67. The number of aliphatic hydroxyl groups excluding tert-OH is 1. The molecule has 0 aromatic rings. The van der Waals surface area contributed by atoms with Gasteiger partial charge in [-0.3, -0.25) is 0 Å². The lowest BCUT2D eigenvalue weighted by Crippen LogP contribution is -2.24. The fourth-order valence-electron chi connectivity index (χ4n) is 0.723. The molecule has 0 fully saturated rings. The summed E-state index contributed by atoms with van der Waals surface area (Å²) in [5.41, 5.74) is -0.728. The van der Waals surface area contributed by atoms with Crippen molar-refractivity contribution < 1.29 is 10.2 Å². The number of aliphatic hydroxyl groups is 2. The summed E-state index contributed by atoms with van der Waals surface area (Å²) < 4.78 is 0. The van der Waals surface area contributed by atoms with Crippen LogP contribution in [-0.4, -0.2) is 21.9 Å². The molecule has 2 heteroatoms. The molecule has 9 heavy (non-hydrogen) atoms. The zero-order valence-electron chi connectivity index (χ0n) is 5.68. The topological polar surface area (TPSA) is 40.5 Å². The molecule has 58 valence electrons. The molecule has 2 N–H and O–H groups in total. The molecule has 0 amide bonds. The quantitative estimate of drug-likeness (QED) is 0.595. The molecule has 2 nitrogen and oxygen atoms in total. The van der Waals surface area contributed by atoms with E-state index in [2.05, 4.69) is 0 Å². The van der Waals surface area contributed by atoms with Gasteiger partial charge in [0.25, 0.3) is 0 Å². The van der Waals surface area contributed by atoms with Gasteiger partial charge in [0.05, 0.1) is 11.7 Å². The van der Waals surface area contributed by atoms with Crippen molar-refractivity contribution in [1.82, 2.24) is 0 Å². The average molecular weight is 134 g/mol. The molecule has 0 aliphatic carbocycles. The number of rotatable bonds is 2. The van der Waals surface area contributed by atoms with Crippen LogP contribution in [0.1, 0.15) is 34.6 Å². The van der Waals surface area contributed by atoms with E-state index in [1.165, 1.54) is 0 Å². The van der Waals surface area contributed by atoms with Gasteiger partial charge in [-0.25, -0.2) is 0 Å². The van der Waals surface area contributed by atoms with Crippen molar-refractivity contribution in [3.8, 4) is 0 Å². The molecule has 0 saturated heterocycles. The third-order valence-corrected chi connectivity index (χ3v) is 0.795. The summed E-state index contributed by atoms with van der Waals surface area (Å²) in [6.07, 6.45) is 0.0301. The van der Waals surface area contributed by atoms with Gasteiger partial charge in [0, 0.05) is 6.42 Å². The maximum absolute atomic E-state index is 9.03. The normalized spacial score (nSPS) is 14.3. The minimum Gasteiger partial charge on any atom is -0.393 e. The fraction of sp³-hybridized carbons (Fsp3) is 1.00. The van der Waals surface area contributed by atoms with E-state index in [0.29, 0.717) is 6.42 Å². The molecule has 0 aliphatic heterocycles.